The summed E-state index contributed by atoms with van der Waals surface area (Å²) in [5, 5.41) is 18.2. The zero-order chi connectivity index (χ0) is 13.9. The molecule has 6 nitrogen and oxygen atoms in total. The van der Waals surface area contributed by atoms with Crippen LogP contribution in [0.4, 0.5) is 5.82 Å². The number of nitrogens with zero attached hydrogens (tertiary/aromatic N) is 5. The number of benzene rings is 1. The van der Waals surface area contributed by atoms with Gasteiger partial charge in [0.25, 0.3) is 0 Å². The van der Waals surface area contributed by atoms with Crippen molar-refractivity contribution in [2.24, 2.45) is 7.05 Å². The van der Waals surface area contributed by atoms with Gasteiger partial charge in [0, 0.05) is 30.8 Å². The first-order valence-corrected chi connectivity index (χ1v) is 6.54. The Balaban J connectivity index is 1.76. The summed E-state index contributed by atoms with van der Waals surface area (Å²) in [6, 6.07) is 8.14. The molecular weight excluding hydrogens is 252 g/mol. The summed E-state index contributed by atoms with van der Waals surface area (Å²) in [4.78, 5) is 4.20. The predicted molar refractivity (Wildman–Crippen MR) is 77.5 cm³/mol. The second-order valence-electron chi connectivity index (χ2n) is 4.69. The van der Waals surface area contributed by atoms with E-state index < -0.39 is 0 Å². The molecule has 0 atom stereocenters. The van der Waals surface area contributed by atoms with E-state index in [1.54, 1.807) is 11.0 Å². The Morgan fingerprint density at radius 2 is 1.95 bits per heavy atom. The number of fused-ring (bicyclic) bond motifs is 1. The highest BCUT2D eigenvalue weighted by atomic mass is 15.3. The number of aryl methyl sites for hydroxylation is 2. The molecule has 0 aliphatic rings. The molecule has 3 rings (SSSR count). The van der Waals surface area contributed by atoms with Gasteiger partial charge in [-0.2, -0.15) is 10.2 Å². The van der Waals surface area contributed by atoms with E-state index in [-0.39, 0.29) is 0 Å². The maximum absolute atomic E-state index is 4.25. The molecule has 20 heavy (non-hydrogen) atoms. The average Bonchev–Trinajstić information content (AvgIpc) is 2.87. The standard InChI is InChI=1S/C14H16N6/c1-10-11-5-3-4-6-12(11)14(18-17-10)15-8-7-13-16-9-20(2)19-13/h3-6,9H,7-8H2,1-2H3,(H,15,18). The maximum atomic E-state index is 4.25. The van der Waals surface area contributed by atoms with Gasteiger partial charge in [-0.05, 0) is 6.92 Å². The van der Waals surface area contributed by atoms with Gasteiger partial charge in [0.2, 0.25) is 0 Å². The van der Waals surface area contributed by atoms with Crippen molar-refractivity contribution in [3.63, 3.8) is 0 Å². The molecule has 2 aromatic heterocycles. The van der Waals surface area contributed by atoms with Crippen molar-refractivity contribution in [3.8, 4) is 0 Å². The zero-order valence-electron chi connectivity index (χ0n) is 11.5. The Morgan fingerprint density at radius 1 is 1.15 bits per heavy atom. The third kappa shape index (κ3) is 2.45. The molecule has 0 aliphatic heterocycles. The summed E-state index contributed by atoms with van der Waals surface area (Å²) in [7, 11) is 1.86. The van der Waals surface area contributed by atoms with E-state index in [1.807, 2.05) is 26.1 Å². The lowest BCUT2D eigenvalue weighted by molar-refractivity contribution is 0.741. The molecule has 3 aromatic rings. The summed E-state index contributed by atoms with van der Waals surface area (Å²) >= 11 is 0. The Kier molecular flexibility index (Phi) is 3.28. The van der Waals surface area contributed by atoms with Crippen molar-refractivity contribution < 1.29 is 0 Å². The molecule has 0 spiro atoms. The first-order chi connectivity index (χ1) is 9.74. The Labute approximate surface area is 116 Å². The van der Waals surface area contributed by atoms with Crippen LogP contribution in [0.2, 0.25) is 0 Å². The highest BCUT2D eigenvalue weighted by Gasteiger charge is 2.06. The minimum atomic E-state index is 0.728. The Morgan fingerprint density at radius 3 is 2.70 bits per heavy atom. The van der Waals surface area contributed by atoms with Crippen molar-refractivity contribution in [1.82, 2.24) is 25.0 Å². The molecule has 102 valence electrons. The van der Waals surface area contributed by atoms with Gasteiger partial charge in [-0.25, -0.2) is 4.98 Å². The lowest BCUT2D eigenvalue weighted by atomic mass is 10.1. The van der Waals surface area contributed by atoms with Crippen LogP contribution in [-0.4, -0.2) is 31.5 Å². The molecule has 0 fully saturated rings. The van der Waals surface area contributed by atoms with Gasteiger partial charge in [-0.1, -0.05) is 24.3 Å². The van der Waals surface area contributed by atoms with E-state index in [0.29, 0.717) is 0 Å². The first kappa shape index (κ1) is 12.5. The summed E-state index contributed by atoms with van der Waals surface area (Å²) in [6.45, 7) is 2.70. The Bertz CT molecular complexity index is 733. The number of rotatable bonds is 4. The van der Waals surface area contributed by atoms with Crippen molar-refractivity contribution >= 4 is 16.6 Å². The van der Waals surface area contributed by atoms with E-state index >= 15 is 0 Å². The molecule has 0 radical (unpaired) electrons. The highest BCUT2D eigenvalue weighted by Crippen LogP contribution is 2.21. The van der Waals surface area contributed by atoms with Crippen LogP contribution in [0.25, 0.3) is 10.8 Å². The van der Waals surface area contributed by atoms with E-state index in [0.717, 1.165) is 41.1 Å². The number of nitrogens with one attached hydrogen (secondary N) is 1. The first-order valence-electron chi connectivity index (χ1n) is 6.54. The van der Waals surface area contributed by atoms with Gasteiger partial charge < -0.3 is 5.32 Å². The largest absolute Gasteiger partial charge is 0.368 e. The predicted octanol–water partition coefficient (Wildman–Crippen LogP) is 1.72. The van der Waals surface area contributed by atoms with Crippen LogP contribution in [0.1, 0.15) is 11.5 Å². The molecule has 0 aliphatic carbocycles. The van der Waals surface area contributed by atoms with Crippen LogP contribution >= 0.6 is 0 Å². The summed E-state index contributed by atoms with van der Waals surface area (Å²) in [5.74, 6) is 1.63. The number of hydrogen-bond donors (Lipinski definition) is 1. The monoisotopic (exact) mass is 268 g/mol. The number of anilines is 1. The van der Waals surface area contributed by atoms with E-state index in [2.05, 4.69) is 37.7 Å². The van der Waals surface area contributed by atoms with Gasteiger partial charge in [0.15, 0.2) is 11.6 Å². The number of aromatic nitrogens is 5. The van der Waals surface area contributed by atoms with Crippen LogP contribution < -0.4 is 5.32 Å². The zero-order valence-corrected chi connectivity index (χ0v) is 11.5. The minimum Gasteiger partial charge on any atom is -0.368 e. The summed E-state index contributed by atoms with van der Waals surface area (Å²) in [6.07, 6.45) is 2.46. The molecule has 0 saturated carbocycles. The molecule has 1 N–H and O–H groups in total. The molecule has 0 bridgehead atoms. The van der Waals surface area contributed by atoms with Crippen molar-refractivity contribution in [3.05, 3.63) is 42.1 Å². The molecule has 0 amide bonds. The molecule has 1 aromatic carbocycles. The average molecular weight is 268 g/mol. The molecule has 2 heterocycles. The van der Waals surface area contributed by atoms with Gasteiger partial charge in [0.05, 0.1) is 5.69 Å². The molecule has 6 heteroatoms. The van der Waals surface area contributed by atoms with Gasteiger partial charge in [-0.3, -0.25) is 4.68 Å². The van der Waals surface area contributed by atoms with Crippen LogP contribution in [0.3, 0.4) is 0 Å². The second kappa shape index (κ2) is 5.24. The van der Waals surface area contributed by atoms with Gasteiger partial charge in [-0.15, -0.1) is 5.10 Å². The highest BCUT2D eigenvalue weighted by molar-refractivity contribution is 5.92. The van der Waals surface area contributed by atoms with Crippen molar-refractivity contribution in [2.45, 2.75) is 13.3 Å². The van der Waals surface area contributed by atoms with E-state index in [4.69, 9.17) is 0 Å². The lowest BCUT2D eigenvalue weighted by Crippen LogP contribution is -2.09. The maximum Gasteiger partial charge on any atom is 0.156 e. The van der Waals surface area contributed by atoms with Gasteiger partial charge >= 0.3 is 0 Å². The fourth-order valence-corrected chi connectivity index (χ4v) is 2.16. The fourth-order valence-electron chi connectivity index (χ4n) is 2.16. The third-order valence-corrected chi connectivity index (χ3v) is 3.16. The van der Waals surface area contributed by atoms with Crippen LogP contribution in [0.5, 0.6) is 0 Å². The van der Waals surface area contributed by atoms with Crippen LogP contribution in [0, 0.1) is 6.92 Å². The number of hydrogen-bond acceptors (Lipinski definition) is 5. The third-order valence-electron chi connectivity index (χ3n) is 3.16. The van der Waals surface area contributed by atoms with Crippen molar-refractivity contribution in [1.29, 1.82) is 0 Å². The SMILES string of the molecule is Cc1nnc(NCCc2ncn(C)n2)c2ccccc12. The summed E-state index contributed by atoms with van der Waals surface area (Å²) in [5.41, 5.74) is 0.942. The molecule has 0 unspecified atom stereocenters. The Hall–Kier alpha value is -2.50. The minimum absolute atomic E-state index is 0.728. The fraction of sp³-hybridized carbons (Fsp3) is 0.286. The molecule has 0 saturated heterocycles. The topological polar surface area (TPSA) is 68.5 Å². The lowest BCUT2D eigenvalue weighted by Gasteiger charge is -2.08. The smallest absolute Gasteiger partial charge is 0.156 e. The normalized spacial score (nSPS) is 10.9. The van der Waals surface area contributed by atoms with Crippen molar-refractivity contribution in [2.75, 3.05) is 11.9 Å². The van der Waals surface area contributed by atoms with E-state index in [1.165, 1.54) is 0 Å². The van der Waals surface area contributed by atoms with Gasteiger partial charge in [0.1, 0.15) is 6.33 Å². The van der Waals surface area contributed by atoms with Crippen LogP contribution in [0.15, 0.2) is 30.6 Å². The van der Waals surface area contributed by atoms with Crippen LogP contribution in [-0.2, 0) is 13.5 Å². The second-order valence-corrected chi connectivity index (χ2v) is 4.69. The quantitative estimate of drug-likeness (QED) is 0.780. The van der Waals surface area contributed by atoms with E-state index in [9.17, 15) is 0 Å². The summed E-state index contributed by atoms with van der Waals surface area (Å²) < 4.78 is 1.70. The molecular formula is C14H16N6.